The summed E-state index contributed by atoms with van der Waals surface area (Å²) < 4.78 is 0.763. The number of amides is 1. The minimum atomic E-state index is -0.469. The Balaban J connectivity index is 1.63. The van der Waals surface area contributed by atoms with Crippen LogP contribution >= 0.6 is 15.9 Å². The van der Waals surface area contributed by atoms with Crippen LogP contribution in [0.25, 0.3) is 0 Å². The Morgan fingerprint density at radius 2 is 1.92 bits per heavy atom. The van der Waals surface area contributed by atoms with Crippen LogP contribution in [0.1, 0.15) is 60.5 Å². The van der Waals surface area contributed by atoms with Gasteiger partial charge in [0.2, 0.25) is 0 Å². The first-order chi connectivity index (χ1) is 12.0. The molecule has 1 aliphatic rings. The molecule has 134 valence electrons. The van der Waals surface area contributed by atoms with E-state index in [1.165, 1.54) is 0 Å². The van der Waals surface area contributed by atoms with Gasteiger partial charge in [0.1, 0.15) is 0 Å². The summed E-state index contributed by atoms with van der Waals surface area (Å²) in [6, 6.07) is 9.74. The third-order valence-electron chi connectivity index (χ3n) is 4.93. The van der Waals surface area contributed by atoms with Gasteiger partial charge in [-0.3, -0.25) is 9.89 Å². The fourth-order valence-corrected chi connectivity index (χ4v) is 4.16. The van der Waals surface area contributed by atoms with Gasteiger partial charge in [-0.1, -0.05) is 44.2 Å². The molecule has 1 saturated heterocycles. The van der Waals surface area contributed by atoms with Crippen molar-refractivity contribution in [3.8, 4) is 0 Å². The van der Waals surface area contributed by atoms with E-state index in [2.05, 4.69) is 40.0 Å². The van der Waals surface area contributed by atoms with Crippen LogP contribution in [0.3, 0.4) is 0 Å². The predicted molar refractivity (Wildman–Crippen MR) is 100 cm³/mol. The van der Waals surface area contributed by atoms with Crippen LogP contribution in [0.15, 0.2) is 34.8 Å². The molecule has 3 rings (SSSR count). The Bertz CT molecular complexity index is 722. The fraction of sp³-hybridized carbons (Fsp3) is 0.474. The van der Waals surface area contributed by atoms with E-state index in [1.807, 2.05) is 35.2 Å². The fourth-order valence-electron chi connectivity index (χ4n) is 3.36. The van der Waals surface area contributed by atoms with Crippen molar-refractivity contribution in [1.82, 2.24) is 15.1 Å². The number of aliphatic hydroxyl groups is 1. The highest BCUT2D eigenvalue weighted by atomic mass is 79.9. The number of hydrogen-bond acceptors (Lipinski definition) is 3. The van der Waals surface area contributed by atoms with Crippen LogP contribution in [0.4, 0.5) is 0 Å². The van der Waals surface area contributed by atoms with Crippen molar-refractivity contribution in [2.75, 3.05) is 13.1 Å². The number of likely N-dealkylation sites (tertiary alicyclic amines) is 1. The first kappa shape index (κ1) is 18.1. The summed E-state index contributed by atoms with van der Waals surface area (Å²) in [6.45, 7) is 5.40. The maximum atomic E-state index is 12.8. The molecule has 2 heterocycles. The Morgan fingerprint density at radius 3 is 2.48 bits per heavy atom. The van der Waals surface area contributed by atoms with Crippen molar-refractivity contribution in [3.05, 3.63) is 51.8 Å². The number of hydrogen-bond donors (Lipinski definition) is 2. The maximum absolute atomic E-state index is 12.8. The van der Waals surface area contributed by atoms with E-state index >= 15 is 0 Å². The number of carbonyl (C=O) groups is 1. The highest BCUT2D eigenvalue weighted by Gasteiger charge is 2.30. The first-order valence-electron chi connectivity index (χ1n) is 8.75. The van der Waals surface area contributed by atoms with E-state index in [9.17, 15) is 9.90 Å². The van der Waals surface area contributed by atoms with E-state index in [4.69, 9.17) is 0 Å². The molecule has 6 heteroatoms. The lowest BCUT2D eigenvalue weighted by Crippen LogP contribution is -2.40. The van der Waals surface area contributed by atoms with E-state index in [0.717, 1.165) is 28.6 Å². The number of aliphatic hydroxyl groups excluding tert-OH is 1. The molecule has 1 aromatic carbocycles. The van der Waals surface area contributed by atoms with Crippen molar-refractivity contribution in [2.24, 2.45) is 5.92 Å². The number of nitrogens with zero attached hydrogens (tertiary/aromatic N) is 2. The highest BCUT2D eigenvalue weighted by molar-refractivity contribution is 9.10. The number of piperidine rings is 1. The Labute approximate surface area is 156 Å². The van der Waals surface area contributed by atoms with Crippen LogP contribution < -0.4 is 0 Å². The third-order valence-corrected chi connectivity index (χ3v) is 5.73. The molecule has 0 bridgehead atoms. The van der Waals surface area contributed by atoms with Gasteiger partial charge in [-0.15, -0.1) is 0 Å². The number of benzene rings is 1. The monoisotopic (exact) mass is 405 g/mol. The number of aromatic nitrogens is 2. The summed E-state index contributed by atoms with van der Waals surface area (Å²) in [5.41, 5.74) is 2.34. The molecule has 25 heavy (non-hydrogen) atoms. The Kier molecular flexibility index (Phi) is 5.59. The molecule has 0 saturated carbocycles. The normalized spacial score (nSPS) is 17.1. The van der Waals surface area contributed by atoms with Crippen LogP contribution in [0.5, 0.6) is 0 Å². The predicted octanol–water partition coefficient (Wildman–Crippen LogP) is 3.88. The van der Waals surface area contributed by atoms with Gasteiger partial charge < -0.3 is 10.0 Å². The standard InChI is InChI=1S/C19H24BrN3O2/c1-12(2)16-15(20)17(22-21-16)19(25)23-10-8-14(9-11-23)18(24)13-6-4-3-5-7-13/h3-7,12,14,18,24H,8-11H2,1-2H3,(H,21,22). The van der Waals surface area contributed by atoms with Crippen LogP contribution in [0.2, 0.25) is 0 Å². The van der Waals surface area contributed by atoms with Gasteiger partial charge in [-0.05, 0) is 46.2 Å². The largest absolute Gasteiger partial charge is 0.388 e. The highest BCUT2D eigenvalue weighted by Crippen LogP contribution is 2.32. The van der Waals surface area contributed by atoms with Gasteiger partial charge in [0, 0.05) is 13.1 Å². The molecule has 0 spiro atoms. The second kappa shape index (κ2) is 7.70. The number of rotatable bonds is 4. The molecule has 1 aliphatic heterocycles. The van der Waals surface area contributed by atoms with Gasteiger partial charge in [-0.25, -0.2) is 0 Å². The van der Waals surface area contributed by atoms with E-state index in [1.54, 1.807) is 0 Å². The second-order valence-corrected chi connectivity index (χ2v) is 7.73. The van der Waals surface area contributed by atoms with Gasteiger partial charge in [-0.2, -0.15) is 5.10 Å². The molecular weight excluding hydrogens is 382 g/mol. The summed E-state index contributed by atoms with van der Waals surface area (Å²) in [5.74, 6) is 0.401. The number of halogens is 1. The molecule has 1 unspecified atom stereocenters. The van der Waals surface area contributed by atoms with Crippen LogP contribution in [0, 0.1) is 5.92 Å². The Hall–Kier alpha value is -1.66. The molecule has 2 N–H and O–H groups in total. The van der Waals surface area contributed by atoms with Gasteiger partial charge in [0.05, 0.1) is 16.3 Å². The van der Waals surface area contributed by atoms with Crippen molar-refractivity contribution < 1.29 is 9.90 Å². The average Bonchev–Trinajstić information content (AvgIpc) is 3.03. The number of carbonyl (C=O) groups excluding carboxylic acids is 1. The lowest BCUT2D eigenvalue weighted by Gasteiger charge is -2.34. The van der Waals surface area contributed by atoms with Gasteiger partial charge in [0.15, 0.2) is 5.69 Å². The zero-order chi connectivity index (χ0) is 18.0. The Morgan fingerprint density at radius 1 is 1.28 bits per heavy atom. The summed E-state index contributed by atoms with van der Waals surface area (Å²) in [5, 5.41) is 17.7. The van der Waals surface area contributed by atoms with Gasteiger partial charge in [0.25, 0.3) is 5.91 Å². The molecule has 1 amide bonds. The minimum absolute atomic E-state index is 0.0531. The lowest BCUT2D eigenvalue weighted by atomic mass is 9.87. The number of aromatic amines is 1. The van der Waals surface area contributed by atoms with Crippen molar-refractivity contribution in [2.45, 2.75) is 38.7 Å². The number of nitrogens with one attached hydrogen (secondary N) is 1. The van der Waals surface area contributed by atoms with E-state index < -0.39 is 6.10 Å². The molecule has 1 atom stereocenters. The lowest BCUT2D eigenvalue weighted by molar-refractivity contribution is 0.0458. The summed E-state index contributed by atoms with van der Waals surface area (Å²) in [6.07, 6.45) is 1.12. The van der Waals surface area contributed by atoms with Crippen LogP contribution in [-0.4, -0.2) is 39.2 Å². The molecule has 1 aromatic heterocycles. The van der Waals surface area contributed by atoms with Crippen molar-refractivity contribution in [1.29, 1.82) is 0 Å². The second-order valence-electron chi connectivity index (χ2n) is 6.94. The summed E-state index contributed by atoms with van der Waals surface area (Å²) >= 11 is 3.50. The molecule has 1 fully saturated rings. The summed E-state index contributed by atoms with van der Waals surface area (Å²) in [4.78, 5) is 14.6. The quantitative estimate of drug-likeness (QED) is 0.810. The molecule has 5 nitrogen and oxygen atoms in total. The minimum Gasteiger partial charge on any atom is -0.388 e. The zero-order valence-corrected chi connectivity index (χ0v) is 16.2. The zero-order valence-electron chi connectivity index (χ0n) is 14.6. The molecule has 0 aliphatic carbocycles. The van der Waals surface area contributed by atoms with Crippen LogP contribution in [-0.2, 0) is 0 Å². The smallest absolute Gasteiger partial charge is 0.275 e. The number of H-pyrrole nitrogens is 1. The van der Waals surface area contributed by atoms with Gasteiger partial charge >= 0.3 is 0 Å². The third kappa shape index (κ3) is 3.80. The van der Waals surface area contributed by atoms with E-state index in [-0.39, 0.29) is 17.7 Å². The first-order valence-corrected chi connectivity index (χ1v) is 9.54. The van der Waals surface area contributed by atoms with E-state index in [0.29, 0.717) is 18.8 Å². The maximum Gasteiger partial charge on any atom is 0.275 e. The summed E-state index contributed by atoms with van der Waals surface area (Å²) in [7, 11) is 0. The molecule has 2 aromatic rings. The molecule has 0 radical (unpaired) electrons. The van der Waals surface area contributed by atoms with Crippen molar-refractivity contribution in [3.63, 3.8) is 0 Å². The molecular formula is C19H24BrN3O2. The van der Waals surface area contributed by atoms with Crippen molar-refractivity contribution >= 4 is 21.8 Å². The average molecular weight is 406 g/mol. The SMILES string of the molecule is CC(C)c1[nH]nc(C(=O)N2CCC(C(O)c3ccccc3)CC2)c1Br. The topological polar surface area (TPSA) is 69.2 Å².